The van der Waals surface area contributed by atoms with Crippen molar-refractivity contribution < 1.29 is 27.5 Å². The van der Waals surface area contributed by atoms with E-state index in [0.29, 0.717) is 47.1 Å². The Bertz CT molecular complexity index is 872. The zero-order chi connectivity index (χ0) is 20.5. The number of carbonyl (C=O) groups excluding carboxylic acids is 2. The van der Waals surface area contributed by atoms with Crippen molar-refractivity contribution >= 4 is 23.2 Å². The zero-order valence-corrected chi connectivity index (χ0v) is 15.8. The van der Waals surface area contributed by atoms with Crippen molar-refractivity contribution in [1.29, 1.82) is 0 Å². The molecule has 1 aromatic heterocycles. The summed E-state index contributed by atoms with van der Waals surface area (Å²) in [7, 11) is 0. The summed E-state index contributed by atoms with van der Waals surface area (Å²) in [5.41, 5.74) is 6.22. The lowest BCUT2D eigenvalue weighted by Gasteiger charge is -2.30. The van der Waals surface area contributed by atoms with E-state index >= 15 is 0 Å². The van der Waals surface area contributed by atoms with E-state index in [1.54, 1.807) is 11.8 Å². The van der Waals surface area contributed by atoms with Gasteiger partial charge >= 0.3 is 6.36 Å². The SMILES string of the molecule is Cc1sc(-c2ccc(OC(F)(F)F)cc2)nc1C(=O)N1CCC(C(N)=O)CC1. The van der Waals surface area contributed by atoms with Gasteiger partial charge in [0.2, 0.25) is 5.91 Å². The maximum atomic E-state index is 12.8. The molecular weight excluding hydrogens is 395 g/mol. The number of nitrogens with zero attached hydrogens (tertiary/aromatic N) is 2. The van der Waals surface area contributed by atoms with Crippen LogP contribution in [0.1, 0.15) is 28.2 Å². The molecule has 2 aromatic rings. The van der Waals surface area contributed by atoms with E-state index < -0.39 is 6.36 Å². The second-order valence-electron chi connectivity index (χ2n) is 6.46. The van der Waals surface area contributed by atoms with Gasteiger partial charge in [-0.2, -0.15) is 0 Å². The second kappa shape index (κ2) is 7.78. The first-order valence-corrected chi connectivity index (χ1v) is 9.38. The van der Waals surface area contributed by atoms with E-state index in [2.05, 4.69) is 9.72 Å². The Labute approximate surface area is 163 Å². The predicted octanol–water partition coefficient (Wildman–Crippen LogP) is 3.35. The molecule has 0 atom stereocenters. The predicted molar refractivity (Wildman–Crippen MR) is 96.8 cm³/mol. The Morgan fingerprint density at radius 1 is 1.21 bits per heavy atom. The van der Waals surface area contributed by atoms with Crippen LogP contribution in [0.15, 0.2) is 24.3 Å². The van der Waals surface area contributed by atoms with E-state index in [9.17, 15) is 22.8 Å². The molecule has 2 N–H and O–H groups in total. The number of hydrogen-bond donors (Lipinski definition) is 1. The molecule has 2 heterocycles. The Kier molecular flexibility index (Phi) is 5.59. The highest BCUT2D eigenvalue weighted by atomic mass is 32.1. The van der Waals surface area contributed by atoms with Crippen molar-refractivity contribution in [1.82, 2.24) is 9.88 Å². The minimum Gasteiger partial charge on any atom is -0.406 e. The third kappa shape index (κ3) is 4.61. The van der Waals surface area contributed by atoms with Crippen LogP contribution in [-0.2, 0) is 4.79 Å². The third-order valence-electron chi connectivity index (χ3n) is 4.52. The summed E-state index contributed by atoms with van der Waals surface area (Å²) in [4.78, 5) is 30.8. The number of benzene rings is 1. The molecule has 0 unspecified atom stereocenters. The van der Waals surface area contributed by atoms with Crippen molar-refractivity contribution in [3.63, 3.8) is 0 Å². The summed E-state index contributed by atoms with van der Waals surface area (Å²) in [6.07, 6.45) is -3.70. The summed E-state index contributed by atoms with van der Waals surface area (Å²) < 4.78 is 40.6. The Morgan fingerprint density at radius 2 is 1.82 bits per heavy atom. The number of thiazole rings is 1. The van der Waals surface area contributed by atoms with Gasteiger partial charge in [0, 0.05) is 29.4 Å². The fourth-order valence-corrected chi connectivity index (χ4v) is 3.94. The lowest BCUT2D eigenvalue weighted by Crippen LogP contribution is -2.42. The molecule has 150 valence electrons. The first-order valence-electron chi connectivity index (χ1n) is 8.56. The maximum absolute atomic E-state index is 12.8. The molecule has 1 fully saturated rings. The summed E-state index contributed by atoms with van der Waals surface area (Å²) >= 11 is 1.29. The van der Waals surface area contributed by atoms with Gasteiger partial charge in [-0.1, -0.05) is 0 Å². The number of ether oxygens (including phenoxy) is 1. The van der Waals surface area contributed by atoms with E-state index in [1.807, 2.05) is 0 Å². The number of piperidine rings is 1. The Morgan fingerprint density at radius 3 is 2.36 bits per heavy atom. The van der Waals surface area contributed by atoms with Crippen molar-refractivity contribution in [2.45, 2.75) is 26.1 Å². The monoisotopic (exact) mass is 413 g/mol. The molecule has 0 aliphatic carbocycles. The minimum atomic E-state index is -4.75. The van der Waals surface area contributed by atoms with Gasteiger partial charge in [-0.3, -0.25) is 9.59 Å². The van der Waals surface area contributed by atoms with Crippen molar-refractivity contribution in [2.75, 3.05) is 13.1 Å². The number of hydrogen-bond acceptors (Lipinski definition) is 5. The van der Waals surface area contributed by atoms with E-state index in [1.165, 1.54) is 35.6 Å². The number of aromatic nitrogens is 1. The second-order valence-corrected chi connectivity index (χ2v) is 7.67. The molecule has 3 rings (SSSR count). The molecule has 0 saturated carbocycles. The largest absolute Gasteiger partial charge is 0.573 e. The number of primary amides is 1. The molecule has 0 spiro atoms. The summed E-state index contributed by atoms with van der Waals surface area (Å²) in [5, 5.41) is 0.534. The number of amides is 2. The van der Waals surface area contributed by atoms with Crippen LogP contribution in [0.5, 0.6) is 5.75 Å². The van der Waals surface area contributed by atoms with Crippen LogP contribution in [0, 0.1) is 12.8 Å². The quantitative estimate of drug-likeness (QED) is 0.833. The smallest absolute Gasteiger partial charge is 0.406 e. The number of halogens is 3. The van der Waals surface area contributed by atoms with Gasteiger partial charge < -0.3 is 15.4 Å². The van der Waals surface area contributed by atoms with E-state index in [4.69, 9.17) is 5.73 Å². The standard InChI is InChI=1S/C18H18F3N3O3S/c1-10-14(17(26)24-8-6-11(7-9-24)15(22)25)23-16(28-10)12-2-4-13(5-3-12)27-18(19,20)21/h2-5,11H,6-9H2,1H3,(H2,22,25). The van der Waals surface area contributed by atoms with Crippen LogP contribution in [0.4, 0.5) is 13.2 Å². The number of likely N-dealkylation sites (tertiary alicyclic amines) is 1. The van der Waals surface area contributed by atoms with Gasteiger partial charge in [-0.15, -0.1) is 24.5 Å². The Balaban J connectivity index is 1.72. The van der Waals surface area contributed by atoms with Gasteiger partial charge in [0.15, 0.2) is 0 Å². The average Bonchev–Trinajstić information content (AvgIpc) is 3.02. The van der Waals surface area contributed by atoms with Crippen molar-refractivity contribution in [3.8, 4) is 16.3 Å². The van der Waals surface area contributed by atoms with Gasteiger partial charge in [0.05, 0.1) is 0 Å². The summed E-state index contributed by atoms with van der Waals surface area (Å²) in [6, 6.07) is 5.34. The average molecular weight is 413 g/mol. The highest BCUT2D eigenvalue weighted by Crippen LogP contribution is 2.31. The molecule has 1 aromatic carbocycles. The van der Waals surface area contributed by atoms with Crippen LogP contribution in [-0.4, -0.2) is 41.2 Å². The number of aryl methyl sites for hydroxylation is 1. The van der Waals surface area contributed by atoms with Crippen molar-refractivity contribution in [3.05, 3.63) is 34.8 Å². The van der Waals surface area contributed by atoms with Crippen LogP contribution in [0.25, 0.3) is 10.6 Å². The molecule has 2 amide bonds. The van der Waals surface area contributed by atoms with Gasteiger partial charge in [0.1, 0.15) is 16.5 Å². The number of rotatable bonds is 4. The van der Waals surface area contributed by atoms with E-state index in [-0.39, 0.29) is 23.5 Å². The molecule has 0 bridgehead atoms. The zero-order valence-electron chi connectivity index (χ0n) is 15.0. The first-order chi connectivity index (χ1) is 13.1. The highest BCUT2D eigenvalue weighted by Gasteiger charge is 2.31. The molecule has 10 heteroatoms. The van der Waals surface area contributed by atoms with Crippen LogP contribution >= 0.6 is 11.3 Å². The van der Waals surface area contributed by atoms with Crippen LogP contribution < -0.4 is 10.5 Å². The van der Waals surface area contributed by atoms with Crippen molar-refractivity contribution in [2.24, 2.45) is 11.7 Å². The first kappa shape index (κ1) is 20.1. The molecule has 1 aliphatic heterocycles. The molecule has 1 saturated heterocycles. The molecule has 6 nitrogen and oxygen atoms in total. The fourth-order valence-electron chi connectivity index (χ4n) is 3.03. The fraction of sp³-hybridized carbons (Fsp3) is 0.389. The van der Waals surface area contributed by atoms with Crippen LogP contribution in [0.3, 0.4) is 0 Å². The number of nitrogens with two attached hydrogens (primary N) is 1. The highest BCUT2D eigenvalue weighted by molar-refractivity contribution is 7.15. The summed E-state index contributed by atoms with van der Waals surface area (Å²) in [6.45, 7) is 2.64. The lowest BCUT2D eigenvalue weighted by atomic mass is 9.96. The van der Waals surface area contributed by atoms with Gasteiger partial charge in [-0.05, 0) is 44.0 Å². The normalized spacial score (nSPS) is 15.5. The minimum absolute atomic E-state index is 0.214. The summed E-state index contributed by atoms with van der Waals surface area (Å²) in [5.74, 6) is -1.11. The van der Waals surface area contributed by atoms with Crippen LogP contribution in [0.2, 0.25) is 0 Å². The number of alkyl halides is 3. The Hall–Kier alpha value is -2.62. The molecule has 1 aliphatic rings. The maximum Gasteiger partial charge on any atom is 0.573 e. The molecule has 28 heavy (non-hydrogen) atoms. The molecule has 0 radical (unpaired) electrons. The lowest BCUT2D eigenvalue weighted by molar-refractivity contribution is -0.274. The topological polar surface area (TPSA) is 85.5 Å². The van der Waals surface area contributed by atoms with E-state index in [0.717, 1.165) is 0 Å². The third-order valence-corrected chi connectivity index (χ3v) is 5.54. The van der Waals surface area contributed by atoms with Gasteiger partial charge in [-0.25, -0.2) is 4.98 Å². The number of carbonyl (C=O) groups is 2. The molecular formula is C18H18F3N3O3S. The van der Waals surface area contributed by atoms with Gasteiger partial charge in [0.25, 0.3) is 5.91 Å².